The zero-order valence-electron chi connectivity index (χ0n) is 16.9. The maximum Gasteiger partial charge on any atom is 0.253 e. The fourth-order valence-electron chi connectivity index (χ4n) is 3.37. The Morgan fingerprint density at radius 2 is 1.89 bits per heavy atom. The molecule has 1 fully saturated rings. The second-order valence-electron chi connectivity index (χ2n) is 7.67. The Labute approximate surface area is 171 Å². The van der Waals surface area contributed by atoms with Crippen LogP contribution in [0.5, 0.6) is 0 Å². The third-order valence-corrected chi connectivity index (χ3v) is 6.33. The van der Waals surface area contributed by atoms with Crippen LogP contribution in [0.25, 0.3) is 0 Å². The molecule has 1 aliphatic rings. The van der Waals surface area contributed by atoms with E-state index in [2.05, 4.69) is 12.2 Å². The first-order valence-corrected chi connectivity index (χ1v) is 11.0. The third-order valence-electron chi connectivity index (χ3n) is 5.28. The summed E-state index contributed by atoms with van der Waals surface area (Å²) in [6.07, 6.45) is 2.85. The Hall–Kier alpha value is -2.21. The number of amides is 2. The summed E-state index contributed by atoms with van der Waals surface area (Å²) < 4.78 is 0. The number of carbonyl (C=O) groups is 2. The second-order valence-corrected chi connectivity index (χ2v) is 8.56. The highest BCUT2D eigenvalue weighted by Crippen LogP contribution is 2.31. The first-order valence-electron chi connectivity index (χ1n) is 10.1. The van der Waals surface area contributed by atoms with Gasteiger partial charge in [0.1, 0.15) is 0 Å². The van der Waals surface area contributed by atoms with Crippen molar-refractivity contribution in [2.75, 3.05) is 13.1 Å². The molecule has 1 saturated heterocycles. The van der Waals surface area contributed by atoms with Crippen LogP contribution in [-0.2, 0) is 17.8 Å². The number of likely N-dealkylation sites (tertiary alicyclic amines) is 1. The minimum atomic E-state index is -0.0156. The molecule has 6 heteroatoms. The molecule has 0 atom stereocenters. The van der Waals surface area contributed by atoms with E-state index in [0.717, 1.165) is 48.6 Å². The Bertz CT molecular complexity index is 805. The number of piperidine rings is 1. The highest BCUT2D eigenvalue weighted by molar-refractivity contribution is 7.09. The van der Waals surface area contributed by atoms with Crippen molar-refractivity contribution >= 4 is 23.2 Å². The summed E-state index contributed by atoms with van der Waals surface area (Å²) in [4.78, 5) is 31.1. The first kappa shape index (κ1) is 20.5. The van der Waals surface area contributed by atoms with E-state index in [1.165, 1.54) is 5.56 Å². The summed E-state index contributed by atoms with van der Waals surface area (Å²) >= 11 is 1.66. The lowest BCUT2D eigenvalue weighted by molar-refractivity contribution is -0.124. The Kier molecular flexibility index (Phi) is 6.83. The summed E-state index contributed by atoms with van der Waals surface area (Å²) in [5, 5.41) is 6.06. The van der Waals surface area contributed by atoms with Crippen molar-refractivity contribution in [1.29, 1.82) is 0 Å². The molecule has 0 unspecified atom stereocenters. The average Bonchev–Trinajstić information content (AvgIpc) is 3.20. The number of aryl methyl sites for hydroxylation is 1. The molecule has 1 N–H and O–H groups in total. The summed E-state index contributed by atoms with van der Waals surface area (Å²) in [6, 6.07) is 7.95. The van der Waals surface area contributed by atoms with Gasteiger partial charge in [-0.3, -0.25) is 9.59 Å². The van der Waals surface area contributed by atoms with Gasteiger partial charge in [0, 0.05) is 35.9 Å². The number of thiazole rings is 1. The summed E-state index contributed by atoms with van der Waals surface area (Å²) in [5.41, 5.74) is 2.94. The average molecular weight is 400 g/mol. The van der Waals surface area contributed by atoms with Crippen LogP contribution in [0.3, 0.4) is 0 Å². The van der Waals surface area contributed by atoms with Gasteiger partial charge in [0.15, 0.2) is 0 Å². The van der Waals surface area contributed by atoms with Gasteiger partial charge in [-0.25, -0.2) is 4.98 Å². The third kappa shape index (κ3) is 4.98. The van der Waals surface area contributed by atoms with Crippen LogP contribution in [0.15, 0.2) is 29.6 Å². The second kappa shape index (κ2) is 9.32. The number of benzene rings is 1. The van der Waals surface area contributed by atoms with Crippen LogP contribution in [0.1, 0.15) is 66.2 Å². The molecule has 150 valence electrons. The minimum Gasteiger partial charge on any atom is -0.350 e. The van der Waals surface area contributed by atoms with Gasteiger partial charge in [-0.1, -0.05) is 32.9 Å². The van der Waals surface area contributed by atoms with Crippen molar-refractivity contribution in [3.8, 4) is 0 Å². The predicted molar refractivity (Wildman–Crippen MR) is 112 cm³/mol. The highest BCUT2D eigenvalue weighted by atomic mass is 32.1. The van der Waals surface area contributed by atoms with E-state index >= 15 is 0 Å². The zero-order chi connectivity index (χ0) is 20.1. The van der Waals surface area contributed by atoms with E-state index in [1.807, 2.05) is 48.4 Å². The highest BCUT2D eigenvalue weighted by Gasteiger charge is 2.26. The van der Waals surface area contributed by atoms with Gasteiger partial charge in [-0.15, -0.1) is 11.3 Å². The van der Waals surface area contributed by atoms with Gasteiger partial charge in [0.05, 0.1) is 17.2 Å². The molecule has 28 heavy (non-hydrogen) atoms. The number of hydrogen-bond donors (Lipinski definition) is 1. The van der Waals surface area contributed by atoms with E-state index in [9.17, 15) is 9.59 Å². The van der Waals surface area contributed by atoms with E-state index in [0.29, 0.717) is 12.5 Å². The molecule has 3 rings (SSSR count). The smallest absolute Gasteiger partial charge is 0.253 e. The van der Waals surface area contributed by atoms with Crippen LogP contribution in [0.4, 0.5) is 0 Å². The van der Waals surface area contributed by atoms with Crippen LogP contribution < -0.4 is 5.32 Å². The Morgan fingerprint density at radius 3 is 2.50 bits per heavy atom. The molecule has 2 aromatic rings. The fourth-order valence-corrected chi connectivity index (χ4v) is 4.36. The van der Waals surface area contributed by atoms with Gasteiger partial charge in [-0.2, -0.15) is 0 Å². The van der Waals surface area contributed by atoms with Gasteiger partial charge in [-0.05, 0) is 37.0 Å². The van der Waals surface area contributed by atoms with E-state index in [4.69, 9.17) is 4.98 Å². The van der Waals surface area contributed by atoms with Crippen molar-refractivity contribution in [2.45, 2.75) is 52.5 Å². The number of nitrogens with zero attached hydrogens (tertiary/aromatic N) is 2. The van der Waals surface area contributed by atoms with E-state index < -0.39 is 0 Å². The predicted octanol–water partition coefficient (Wildman–Crippen LogP) is 4.00. The van der Waals surface area contributed by atoms with Crippen LogP contribution in [0, 0.1) is 5.92 Å². The van der Waals surface area contributed by atoms with Gasteiger partial charge in [0.2, 0.25) is 5.91 Å². The Balaban J connectivity index is 1.52. The molecule has 1 aliphatic heterocycles. The van der Waals surface area contributed by atoms with Crippen LogP contribution >= 0.6 is 11.3 Å². The van der Waals surface area contributed by atoms with Crippen molar-refractivity contribution in [2.24, 2.45) is 5.92 Å². The van der Waals surface area contributed by atoms with Crippen molar-refractivity contribution in [3.05, 3.63) is 51.5 Å². The lowest BCUT2D eigenvalue weighted by Gasteiger charge is -2.31. The molecule has 2 amide bonds. The SMILES string of the molecule is CCc1ccc(C(=O)N2CCC(c3nc(CNC(=O)C(C)C)cs3)CC2)cc1. The van der Waals surface area contributed by atoms with Crippen LogP contribution in [-0.4, -0.2) is 34.8 Å². The standard InChI is InChI=1S/C22H29N3O2S/c1-4-16-5-7-18(8-6-16)22(27)25-11-9-17(10-12-25)21-24-19(14-28-21)13-23-20(26)15(2)3/h5-8,14-15,17H,4,9-13H2,1-3H3,(H,23,26). The van der Waals surface area contributed by atoms with Gasteiger partial charge in [0.25, 0.3) is 5.91 Å². The maximum atomic E-state index is 12.7. The molecular weight excluding hydrogens is 370 g/mol. The molecule has 5 nitrogen and oxygen atoms in total. The lowest BCUT2D eigenvalue weighted by atomic mass is 9.97. The van der Waals surface area contributed by atoms with Crippen molar-refractivity contribution < 1.29 is 9.59 Å². The Morgan fingerprint density at radius 1 is 1.21 bits per heavy atom. The molecule has 2 heterocycles. The quantitative estimate of drug-likeness (QED) is 0.799. The molecule has 1 aromatic heterocycles. The zero-order valence-corrected chi connectivity index (χ0v) is 17.7. The maximum absolute atomic E-state index is 12.7. The normalized spacial score (nSPS) is 15.1. The minimum absolute atomic E-state index is 0.0156. The molecular formula is C22H29N3O2S. The topological polar surface area (TPSA) is 62.3 Å². The number of aromatic nitrogens is 1. The molecule has 0 spiro atoms. The van der Waals surface area contributed by atoms with Crippen LogP contribution in [0.2, 0.25) is 0 Å². The molecule has 0 bridgehead atoms. The molecule has 0 saturated carbocycles. The van der Waals surface area contributed by atoms with E-state index in [-0.39, 0.29) is 17.7 Å². The number of hydrogen-bond acceptors (Lipinski definition) is 4. The van der Waals surface area contributed by atoms with Gasteiger partial charge < -0.3 is 10.2 Å². The molecule has 1 aromatic carbocycles. The molecule has 0 radical (unpaired) electrons. The fraction of sp³-hybridized carbons (Fsp3) is 0.500. The lowest BCUT2D eigenvalue weighted by Crippen LogP contribution is -2.37. The number of rotatable bonds is 6. The number of carbonyl (C=O) groups excluding carboxylic acids is 2. The summed E-state index contributed by atoms with van der Waals surface area (Å²) in [7, 11) is 0. The summed E-state index contributed by atoms with van der Waals surface area (Å²) in [5.74, 6) is 0.551. The van der Waals surface area contributed by atoms with E-state index in [1.54, 1.807) is 11.3 Å². The monoisotopic (exact) mass is 399 g/mol. The summed E-state index contributed by atoms with van der Waals surface area (Å²) in [6.45, 7) is 7.89. The number of nitrogens with one attached hydrogen (secondary N) is 1. The van der Waals surface area contributed by atoms with Crippen molar-refractivity contribution in [3.63, 3.8) is 0 Å². The van der Waals surface area contributed by atoms with Crippen molar-refractivity contribution in [1.82, 2.24) is 15.2 Å². The van der Waals surface area contributed by atoms with Gasteiger partial charge >= 0.3 is 0 Å². The largest absolute Gasteiger partial charge is 0.350 e. The first-order chi connectivity index (χ1) is 13.5. The molecule has 0 aliphatic carbocycles.